The van der Waals surface area contributed by atoms with Crippen molar-refractivity contribution in [3.8, 4) is 11.5 Å². The Hall–Kier alpha value is -2.59. The Morgan fingerprint density at radius 2 is 2.00 bits per heavy atom. The van der Waals surface area contributed by atoms with Gasteiger partial charge in [-0.2, -0.15) is 5.10 Å². The number of rotatable bonds is 5. The van der Waals surface area contributed by atoms with Gasteiger partial charge >= 0.3 is 0 Å². The van der Waals surface area contributed by atoms with E-state index in [4.69, 9.17) is 9.47 Å². The highest BCUT2D eigenvalue weighted by atomic mass is 32.2. The van der Waals surface area contributed by atoms with Gasteiger partial charge < -0.3 is 9.47 Å². The number of nitrogens with one attached hydrogen (secondary N) is 3. The first-order valence-corrected chi connectivity index (χ1v) is 8.78. The lowest BCUT2D eigenvalue weighted by atomic mass is 10.2. The molecule has 2 heterocycles. The minimum absolute atomic E-state index is 0.0471. The highest BCUT2D eigenvalue weighted by Gasteiger charge is 2.27. The quantitative estimate of drug-likeness (QED) is 0.680. The standard InChI is InChI=1S/C14H14N4O5S/c19-14(11-6-10(15-16-11)8-1-2-8)17-18-24(20,21)9-3-4-12-13(5-9)23-7-22-12/h3-6,8,18H,1-2,7H2,(H,15,16)(H,17,19). The molecule has 1 saturated carbocycles. The monoisotopic (exact) mass is 350 g/mol. The van der Waals surface area contributed by atoms with Crippen molar-refractivity contribution >= 4 is 15.9 Å². The second-order valence-electron chi connectivity index (χ2n) is 5.56. The smallest absolute Gasteiger partial charge is 0.286 e. The number of benzene rings is 1. The van der Waals surface area contributed by atoms with E-state index in [1.165, 1.54) is 18.2 Å². The van der Waals surface area contributed by atoms with Crippen LogP contribution in [0.4, 0.5) is 0 Å². The van der Waals surface area contributed by atoms with Crippen molar-refractivity contribution in [2.45, 2.75) is 23.7 Å². The molecule has 1 aromatic heterocycles. The molecule has 0 bridgehead atoms. The van der Waals surface area contributed by atoms with Gasteiger partial charge in [-0.25, -0.2) is 8.42 Å². The van der Waals surface area contributed by atoms with Crippen LogP contribution in [-0.4, -0.2) is 31.3 Å². The second kappa shape index (κ2) is 5.49. The van der Waals surface area contributed by atoms with Crippen molar-refractivity contribution in [2.24, 2.45) is 0 Å². The van der Waals surface area contributed by atoms with E-state index in [9.17, 15) is 13.2 Å². The van der Waals surface area contributed by atoms with E-state index in [-0.39, 0.29) is 17.4 Å². The van der Waals surface area contributed by atoms with Crippen LogP contribution in [0.5, 0.6) is 11.5 Å². The number of nitrogens with zero attached hydrogens (tertiary/aromatic N) is 1. The Morgan fingerprint density at radius 3 is 2.79 bits per heavy atom. The van der Waals surface area contributed by atoms with Gasteiger partial charge in [-0.05, 0) is 31.0 Å². The molecule has 0 radical (unpaired) electrons. The Kier molecular flexibility index (Phi) is 3.43. The number of sulfonamides is 1. The molecule has 3 N–H and O–H groups in total. The van der Waals surface area contributed by atoms with Gasteiger partial charge in [-0.15, -0.1) is 4.83 Å². The molecule has 1 aliphatic carbocycles. The van der Waals surface area contributed by atoms with E-state index in [0.717, 1.165) is 18.5 Å². The third-order valence-corrected chi connectivity index (χ3v) is 5.05. The van der Waals surface area contributed by atoms with Crippen molar-refractivity contribution in [3.63, 3.8) is 0 Å². The van der Waals surface area contributed by atoms with Crippen LogP contribution in [0.15, 0.2) is 29.2 Å². The van der Waals surface area contributed by atoms with Crippen molar-refractivity contribution in [1.82, 2.24) is 20.5 Å². The molecule has 10 heteroatoms. The summed E-state index contributed by atoms with van der Waals surface area (Å²) in [6, 6.07) is 5.81. The van der Waals surface area contributed by atoms with Gasteiger partial charge in [0.05, 0.1) is 4.90 Å². The molecule has 1 fully saturated rings. The first-order valence-electron chi connectivity index (χ1n) is 7.30. The molecule has 4 rings (SSSR count). The van der Waals surface area contributed by atoms with Crippen LogP contribution in [0.3, 0.4) is 0 Å². The summed E-state index contributed by atoms with van der Waals surface area (Å²) in [6.45, 7) is 0.0471. The molecule has 24 heavy (non-hydrogen) atoms. The average molecular weight is 350 g/mol. The van der Waals surface area contributed by atoms with Gasteiger partial charge in [-0.1, -0.05) is 0 Å². The van der Waals surface area contributed by atoms with Crippen LogP contribution < -0.4 is 19.7 Å². The number of hydrogen-bond acceptors (Lipinski definition) is 6. The summed E-state index contributed by atoms with van der Waals surface area (Å²) in [4.78, 5) is 14.0. The number of carbonyl (C=O) groups excluding carboxylic acids is 1. The van der Waals surface area contributed by atoms with Gasteiger partial charge in [0.25, 0.3) is 15.9 Å². The first kappa shape index (κ1) is 15.0. The molecule has 1 aliphatic heterocycles. The first-order chi connectivity index (χ1) is 11.5. The van der Waals surface area contributed by atoms with Crippen molar-refractivity contribution in [2.75, 3.05) is 6.79 Å². The Morgan fingerprint density at radius 1 is 1.21 bits per heavy atom. The fourth-order valence-corrected chi connectivity index (χ4v) is 3.19. The fraction of sp³-hybridized carbons (Fsp3) is 0.286. The zero-order chi connectivity index (χ0) is 16.7. The third-order valence-electron chi connectivity index (χ3n) is 3.80. The predicted octanol–water partition coefficient (Wildman–Crippen LogP) is 0.639. The van der Waals surface area contributed by atoms with Crippen LogP contribution in [0.25, 0.3) is 0 Å². The molecule has 2 aliphatic rings. The number of aromatic nitrogens is 2. The van der Waals surface area contributed by atoms with E-state index < -0.39 is 15.9 Å². The summed E-state index contributed by atoms with van der Waals surface area (Å²) < 4.78 is 34.8. The molecular formula is C14H14N4O5S. The number of hydrazine groups is 1. The zero-order valence-electron chi connectivity index (χ0n) is 12.4. The van der Waals surface area contributed by atoms with Gasteiger partial charge in [0.1, 0.15) is 0 Å². The van der Waals surface area contributed by atoms with E-state index in [1.807, 2.05) is 4.83 Å². The average Bonchev–Trinajstić information content (AvgIpc) is 3.12. The summed E-state index contributed by atoms with van der Waals surface area (Å²) in [7, 11) is -3.94. The molecule has 0 saturated heterocycles. The SMILES string of the molecule is O=C(NNS(=O)(=O)c1ccc2c(c1)OCO2)c1cc(C2CC2)[nH]n1. The maximum atomic E-state index is 12.2. The van der Waals surface area contributed by atoms with Crippen LogP contribution in [-0.2, 0) is 10.0 Å². The maximum Gasteiger partial charge on any atom is 0.286 e. The number of fused-ring (bicyclic) bond motifs is 1. The van der Waals surface area contributed by atoms with Gasteiger partial charge in [-0.3, -0.25) is 15.3 Å². The summed E-state index contributed by atoms with van der Waals surface area (Å²) in [5.74, 6) is 0.597. The minimum Gasteiger partial charge on any atom is -0.454 e. The molecular weight excluding hydrogens is 336 g/mol. The van der Waals surface area contributed by atoms with Crippen LogP contribution in [0.1, 0.15) is 34.9 Å². The van der Waals surface area contributed by atoms with Crippen LogP contribution in [0, 0.1) is 0 Å². The number of amides is 1. The third kappa shape index (κ3) is 2.81. The number of H-pyrrole nitrogens is 1. The lowest BCUT2D eigenvalue weighted by molar-refractivity contribution is 0.0940. The van der Waals surface area contributed by atoms with Crippen molar-refractivity contribution < 1.29 is 22.7 Å². The van der Waals surface area contributed by atoms with Gasteiger partial charge in [0, 0.05) is 17.7 Å². The molecule has 0 spiro atoms. The molecule has 2 aromatic rings. The molecule has 126 valence electrons. The molecule has 1 aromatic carbocycles. The molecule has 1 amide bonds. The fourth-order valence-electron chi connectivity index (χ4n) is 2.34. The topological polar surface area (TPSA) is 122 Å². The van der Waals surface area contributed by atoms with Crippen LogP contribution >= 0.6 is 0 Å². The normalized spacial score (nSPS) is 16.2. The molecule has 0 atom stereocenters. The largest absolute Gasteiger partial charge is 0.454 e. The lowest BCUT2D eigenvalue weighted by Gasteiger charge is -2.08. The van der Waals surface area contributed by atoms with Gasteiger partial charge in [0.15, 0.2) is 17.2 Å². The van der Waals surface area contributed by atoms with E-state index >= 15 is 0 Å². The van der Waals surface area contributed by atoms with E-state index in [0.29, 0.717) is 17.4 Å². The van der Waals surface area contributed by atoms with Crippen molar-refractivity contribution in [1.29, 1.82) is 0 Å². The Labute approximate surface area is 137 Å². The Bertz CT molecular complexity index is 904. The number of hydrogen-bond donors (Lipinski definition) is 3. The molecule has 0 unspecified atom stereocenters. The second-order valence-corrected chi connectivity index (χ2v) is 7.24. The number of carbonyl (C=O) groups is 1. The lowest BCUT2D eigenvalue weighted by Crippen LogP contribution is -2.41. The minimum atomic E-state index is -3.94. The summed E-state index contributed by atoms with van der Waals surface area (Å²) in [6.07, 6.45) is 2.14. The van der Waals surface area contributed by atoms with Crippen molar-refractivity contribution in [3.05, 3.63) is 35.7 Å². The highest BCUT2D eigenvalue weighted by molar-refractivity contribution is 7.89. The van der Waals surface area contributed by atoms with Gasteiger partial charge in [0.2, 0.25) is 6.79 Å². The van der Waals surface area contributed by atoms with E-state index in [2.05, 4.69) is 15.6 Å². The zero-order valence-corrected chi connectivity index (χ0v) is 13.2. The number of aromatic amines is 1. The molecule has 9 nitrogen and oxygen atoms in total. The number of ether oxygens (including phenoxy) is 2. The Balaban J connectivity index is 1.44. The highest BCUT2D eigenvalue weighted by Crippen LogP contribution is 2.39. The summed E-state index contributed by atoms with van der Waals surface area (Å²) in [5.41, 5.74) is 3.16. The summed E-state index contributed by atoms with van der Waals surface area (Å²) >= 11 is 0. The van der Waals surface area contributed by atoms with Crippen LogP contribution in [0.2, 0.25) is 0 Å². The summed E-state index contributed by atoms with van der Waals surface area (Å²) in [5, 5.41) is 6.68. The van der Waals surface area contributed by atoms with E-state index in [1.54, 1.807) is 6.07 Å². The predicted molar refractivity (Wildman–Crippen MR) is 80.9 cm³/mol. The maximum absolute atomic E-state index is 12.2.